The Kier molecular flexibility index (Phi) is 7.50. The van der Waals surface area contributed by atoms with Gasteiger partial charge < -0.3 is 10.4 Å². The highest BCUT2D eigenvalue weighted by molar-refractivity contribution is 7.14. The summed E-state index contributed by atoms with van der Waals surface area (Å²) in [5.41, 5.74) is 2.70. The number of carboxylic acid groups (broad SMARTS) is 1. The van der Waals surface area contributed by atoms with Crippen molar-refractivity contribution in [2.45, 2.75) is 40.7 Å². The molecule has 1 heterocycles. The average Bonchev–Trinajstić information content (AvgIpc) is 3.03. The first-order chi connectivity index (χ1) is 12.8. The van der Waals surface area contributed by atoms with Gasteiger partial charge in [-0.15, -0.1) is 11.3 Å². The second-order valence-electron chi connectivity index (χ2n) is 7.11. The molecule has 146 valence electrons. The monoisotopic (exact) mass is 389 g/mol. The fraction of sp³-hybridized carbons (Fsp3) is 0.450. The summed E-state index contributed by atoms with van der Waals surface area (Å²) >= 11 is 1.40. The Morgan fingerprint density at radius 3 is 2.48 bits per heavy atom. The second kappa shape index (κ2) is 9.62. The molecule has 27 heavy (non-hydrogen) atoms. The van der Waals surface area contributed by atoms with Crippen molar-refractivity contribution >= 4 is 34.0 Å². The molecule has 0 aliphatic heterocycles. The molecule has 2 rings (SSSR count). The van der Waals surface area contributed by atoms with E-state index in [0.29, 0.717) is 30.6 Å². The van der Waals surface area contributed by atoms with Crippen LogP contribution in [0, 0.1) is 18.8 Å². The van der Waals surface area contributed by atoms with Gasteiger partial charge in [-0.05, 0) is 31.4 Å². The molecule has 7 heteroatoms. The Labute approximate surface area is 164 Å². The molecule has 0 fully saturated rings. The predicted molar refractivity (Wildman–Crippen MR) is 108 cm³/mol. The number of amides is 1. The summed E-state index contributed by atoms with van der Waals surface area (Å²) in [5.74, 6) is -0.963. The molecule has 2 aromatic rings. The van der Waals surface area contributed by atoms with Gasteiger partial charge in [-0.2, -0.15) is 0 Å². The largest absolute Gasteiger partial charge is 0.481 e. The second-order valence-corrected chi connectivity index (χ2v) is 7.94. The maximum atomic E-state index is 12.1. The SMILES string of the molecule is CC(=O)N(c1ccc(C)cc1)c1nc(CNCC(CC(C)C)C(=O)O)cs1. The minimum absolute atomic E-state index is 0.101. The standard InChI is InChI=1S/C20H27N3O3S/c1-13(2)9-16(19(25)26)10-21-11-17-12-27-20(22-17)23(15(4)24)18-7-5-14(3)6-8-18/h5-8,12-13,16,21H,9-11H2,1-4H3,(H,25,26). The van der Waals surface area contributed by atoms with Crippen LogP contribution >= 0.6 is 11.3 Å². The van der Waals surface area contributed by atoms with Gasteiger partial charge in [-0.1, -0.05) is 31.5 Å². The fourth-order valence-corrected chi connectivity index (χ4v) is 3.70. The van der Waals surface area contributed by atoms with Crippen molar-refractivity contribution < 1.29 is 14.7 Å². The topological polar surface area (TPSA) is 82.5 Å². The van der Waals surface area contributed by atoms with Crippen molar-refractivity contribution in [1.82, 2.24) is 10.3 Å². The minimum atomic E-state index is -0.780. The van der Waals surface area contributed by atoms with Gasteiger partial charge in [-0.25, -0.2) is 4.98 Å². The molecule has 0 bridgehead atoms. The first-order valence-electron chi connectivity index (χ1n) is 9.03. The van der Waals surface area contributed by atoms with Gasteiger partial charge in [0.05, 0.1) is 17.3 Å². The van der Waals surface area contributed by atoms with Crippen LogP contribution in [-0.2, 0) is 16.1 Å². The fourth-order valence-electron chi connectivity index (χ4n) is 2.82. The zero-order chi connectivity index (χ0) is 20.0. The van der Waals surface area contributed by atoms with Crippen molar-refractivity contribution in [1.29, 1.82) is 0 Å². The number of carboxylic acids is 1. The van der Waals surface area contributed by atoms with E-state index in [2.05, 4.69) is 10.3 Å². The Balaban J connectivity index is 2.03. The summed E-state index contributed by atoms with van der Waals surface area (Å²) in [6.45, 7) is 8.42. The van der Waals surface area contributed by atoms with E-state index in [0.717, 1.165) is 16.9 Å². The molecule has 0 aliphatic carbocycles. The van der Waals surface area contributed by atoms with Crippen LogP contribution in [0.15, 0.2) is 29.6 Å². The third-order valence-electron chi connectivity index (χ3n) is 4.14. The number of anilines is 2. The number of aliphatic carboxylic acids is 1. The maximum absolute atomic E-state index is 12.1. The van der Waals surface area contributed by atoms with Crippen LogP contribution in [0.5, 0.6) is 0 Å². The molecule has 0 radical (unpaired) electrons. The van der Waals surface area contributed by atoms with Crippen molar-refractivity contribution in [3.8, 4) is 0 Å². The van der Waals surface area contributed by atoms with Crippen LogP contribution in [0.2, 0.25) is 0 Å². The van der Waals surface area contributed by atoms with Gasteiger partial charge in [0.2, 0.25) is 5.91 Å². The number of thiazole rings is 1. The average molecular weight is 390 g/mol. The van der Waals surface area contributed by atoms with E-state index in [4.69, 9.17) is 0 Å². The zero-order valence-electron chi connectivity index (χ0n) is 16.2. The number of hydrogen-bond acceptors (Lipinski definition) is 5. The third kappa shape index (κ3) is 6.15. The number of carbonyl (C=O) groups is 2. The number of nitrogens with one attached hydrogen (secondary N) is 1. The van der Waals surface area contributed by atoms with Crippen LogP contribution in [0.3, 0.4) is 0 Å². The van der Waals surface area contributed by atoms with E-state index in [-0.39, 0.29) is 5.91 Å². The van der Waals surface area contributed by atoms with Crippen molar-refractivity contribution in [2.24, 2.45) is 11.8 Å². The van der Waals surface area contributed by atoms with Gasteiger partial charge in [0.15, 0.2) is 5.13 Å². The highest BCUT2D eigenvalue weighted by Gasteiger charge is 2.20. The summed E-state index contributed by atoms with van der Waals surface area (Å²) in [6.07, 6.45) is 0.635. The Morgan fingerprint density at radius 1 is 1.26 bits per heavy atom. The molecule has 0 aliphatic rings. The first kappa shape index (κ1) is 21.1. The predicted octanol–water partition coefficient (Wildman–Crippen LogP) is 3.97. The number of aryl methyl sites for hydroxylation is 1. The molecule has 2 N–H and O–H groups in total. The number of benzene rings is 1. The lowest BCUT2D eigenvalue weighted by atomic mass is 9.97. The van der Waals surface area contributed by atoms with E-state index in [1.165, 1.54) is 18.3 Å². The summed E-state index contributed by atoms with van der Waals surface area (Å²) in [4.78, 5) is 29.6. The Bertz CT molecular complexity index is 771. The lowest BCUT2D eigenvalue weighted by Gasteiger charge is -2.18. The summed E-state index contributed by atoms with van der Waals surface area (Å²) in [7, 11) is 0. The molecule has 0 saturated heterocycles. The lowest BCUT2D eigenvalue weighted by Crippen LogP contribution is -2.29. The third-order valence-corrected chi connectivity index (χ3v) is 5.01. The van der Waals surface area contributed by atoms with Crippen LogP contribution in [0.1, 0.15) is 38.4 Å². The molecule has 0 spiro atoms. The highest BCUT2D eigenvalue weighted by atomic mass is 32.1. The zero-order valence-corrected chi connectivity index (χ0v) is 17.0. The number of hydrogen-bond donors (Lipinski definition) is 2. The van der Waals surface area contributed by atoms with Crippen LogP contribution in [0.4, 0.5) is 10.8 Å². The number of aromatic nitrogens is 1. The van der Waals surface area contributed by atoms with Gasteiger partial charge in [0.25, 0.3) is 0 Å². The smallest absolute Gasteiger partial charge is 0.307 e. The molecule has 1 aromatic heterocycles. The van der Waals surface area contributed by atoms with Crippen molar-refractivity contribution in [3.63, 3.8) is 0 Å². The van der Waals surface area contributed by atoms with Gasteiger partial charge in [0, 0.05) is 25.4 Å². The molecule has 0 saturated carbocycles. The van der Waals surface area contributed by atoms with E-state index in [1.54, 1.807) is 4.90 Å². The highest BCUT2D eigenvalue weighted by Crippen LogP contribution is 2.29. The Morgan fingerprint density at radius 2 is 1.93 bits per heavy atom. The van der Waals surface area contributed by atoms with Gasteiger partial charge in [0.1, 0.15) is 0 Å². The number of rotatable bonds is 9. The van der Waals surface area contributed by atoms with Gasteiger partial charge in [-0.3, -0.25) is 14.5 Å². The van der Waals surface area contributed by atoms with Crippen LogP contribution < -0.4 is 10.2 Å². The van der Waals surface area contributed by atoms with Gasteiger partial charge >= 0.3 is 5.97 Å². The normalized spacial score (nSPS) is 12.2. The van der Waals surface area contributed by atoms with E-state index in [9.17, 15) is 14.7 Å². The summed E-state index contributed by atoms with van der Waals surface area (Å²) in [5, 5.41) is 15.0. The maximum Gasteiger partial charge on any atom is 0.307 e. The molecular formula is C20H27N3O3S. The van der Waals surface area contributed by atoms with E-state index >= 15 is 0 Å². The van der Waals surface area contributed by atoms with Crippen LogP contribution in [0.25, 0.3) is 0 Å². The van der Waals surface area contributed by atoms with Crippen molar-refractivity contribution in [3.05, 3.63) is 40.9 Å². The first-order valence-corrected chi connectivity index (χ1v) is 9.91. The molecule has 1 amide bonds. The molecular weight excluding hydrogens is 362 g/mol. The van der Waals surface area contributed by atoms with Crippen molar-refractivity contribution in [2.75, 3.05) is 11.4 Å². The van der Waals surface area contributed by atoms with E-state index < -0.39 is 11.9 Å². The molecule has 1 aromatic carbocycles. The quantitative estimate of drug-likeness (QED) is 0.678. The molecule has 6 nitrogen and oxygen atoms in total. The Hall–Kier alpha value is -2.25. The van der Waals surface area contributed by atoms with Crippen LogP contribution in [-0.4, -0.2) is 28.5 Å². The molecule has 1 atom stereocenters. The summed E-state index contributed by atoms with van der Waals surface area (Å²) in [6, 6.07) is 7.73. The minimum Gasteiger partial charge on any atom is -0.481 e. The number of nitrogens with zero attached hydrogens (tertiary/aromatic N) is 2. The van der Waals surface area contributed by atoms with E-state index in [1.807, 2.05) is 50.4 Å². The summed E-state index contributed by atoms with van der Waals surface area (Å²) < 4.78 is 0. The molecule has 1 unspecified atom stereocenters. The lowest BCUT2D eigenvalue weighted by molar-refractivity contribution is -0.142. The number of carbonyl (C=O) groups excluding carboxylic acids is 1.